The Labute approximate surface area is 178 Å². The van der Waals surface area contributed by atoms with Gasteiger partial charge in [0.2, 0.25) is 5.91 Å². The van der Waals surface area contributed by atoms with Gasteiger partial charge in [0.15, 0.2) is 0 Å². The Bertz CT molecular complexity index is 1000. The summed E-state index contributed by atoms with van der Waals surface area (Å²) >= 11 is 0.800. The Morgan fingerprint density at radius 3 is 2.60 bits per heavy atom. The monoisotopic (exact) mass is 424 g/mol. The van der Waals surface area contributed by atoms with Crippen LogP contribution in [0.3, 0.4) is 0 Å². The maximum Gasteiger partial charge on any atom is 0.294 e. The van der Waals surface area contributed by atoms with Crippen molar-refractivity contribution in [1.82, 2.24) is 4.90 Å². The second-order valence-electron chi connectivity index (χ2n) is 6.19. The van der Waals surface area contributed by atoms with Gasteiger partial charge < -0.3 is 14.8 Å². The van der Waals surface area contributed by atoms with E-state index in [1.165, 1.54) is 7.11 Å². The minimum Gasteiger partial charge on any atom is -0.495 e. The van der Waals surface area contributed by atoms with E-state index in [0.29, 0.717) is 23.8 Å². The molecule has 0 spiro atoms. The van der Waals surface area contributed by atoms with E-state index in [4.69, 9.17) is 9.47 Å². The number of amides is 3. The van der Waals surface area contributed by atoms with Crippen LogP contribution >= 0.6 is 11.8 Å². The van der Waals surface area contributed by atoms with Gasteiger partial charge in [-0.15, -0.1) is 0 Å². The number of rotatable bonds is 8. The van der Waals surface area contributed by atoms with Crippen LogP contribution in [0.2, 0.25) is 0 Å². The fourth-order valence-electron chi connectivity index (χ4n) is 2.68. The Morgan fingerprint density at radius 1 is 1.17 bits per heavy atom. The van der Waals surface area contributed by atoms with E-state index >= 15 is 0 Å². The van der Waals surface area contributed by atoms with Gasteiger partial charge in [-0.05, 0) is 47.7 Å². The van der Waals surface area contributed by atoms with Gasteiger partial charge in [-0.2, -0.15) is 0 Å². The van der Waals surface area contributed by atoms with Crippen LogP contribution in [0.1, 0.15) is 5.56 Å². The highest BCUT2D eigenvalue weighted by Gasteiger charge is 2.36. The number of imide groups is 1. The molecule has 0 aromatic heterocycles. The number of carbonyl (C=O) groups excluding carboxylic acids is 3. The molecule has 1 heterocycles. The van der Waals surface area contributed by atoms with Crippen LogP contribution in [-0.4, -0.2) is 42.2 Å². The van der Waals surface area contributed by atoms with Crippen LogP contribution in [0.25, 0.3) is 6.08 Å². The zero-order valence-corrected chi connectivity index (χ0v) is 17.1. The molecule has 7 nitrogen and oxygen atoms in total. The summed E-state index contributed by atoms with van der Waals surface area (Å²) in [6.45, 7) is 3.61. The largest absolute Gasteiger partial charge is 0.495 e. The SMILES string of the molecule is C=CCOc1ccc(/C=C2/SC(=O)N(CC(=O)Nc3ccccc3OC)C2=O)cc1. The third-order valence-corrected chi connectivity index (χ3v) is 5.01. The Morgan fingerprint density at radius 2 is 1.90 bits per heavy atom. The topological polar surface area (TPSA) is 84.9 Å². The quantitative estimate of drug-likeness (QED) is 0.510. The molecule has 1 saturated heterocycles. The Balaban J connectivity index is 1.66. The smallest absolute Gasteiger partial charge is 0.294 e. The lowest BCUT2D eigenvalue weighted by atomic mass is 10.2. The first-order valence-electron chi connectivity index (χ1n) is 9.04. The summed E-state index contributed by atoms with van der Waals surface area (Å²) in [5.41, 5.74) is 1.20. The number of carbonyl (C=O) groups is 3. The van der Waals surface area contributed by atoms with Crippen molar-refractivity contribution in [3.05, 3.63) is 71.7 Å². The second kappa shape index (κ2) is 9.80. The van der Waals surface area contributed by atoms with E-state index in [9.17, 15) is 14.4 Å². The van der Waals surface area contributed by atoms with Crippen molar-refractivity contribution < 1.29 is 23.9 Å². The molecule has 3 rings (SSSR count). The van der Waals surface area contributed by atoms with Gasteiger partial charge in [-0.1, -0.05) is 36.9 Å². The van der Waals surface area contributed by atoms with Gasteiger partial charge in [0.1, 0.15) is 24.7 Å². The summed E-state index contributed by atoms with van der Waals surface area (Å²) < 4.78 is 10.6. The summed E-state index contributed by atoms with van der Waals surface area (Å²) in [4.78, 5) is 38.4. The van der Waals surface area contributed by atoms with Crippen LogP contribution in [-0.2, 0) is 9.59 Å². The minimum atomic E-state index is -0.507. The standard InChI is InChI=1S/C22H20N2O5S/c1-3-12-29-16-10-8-15(9-11-16)13-19-21(26)24(22(27)30-19)14-20(25)23-17-6-4-5-7-18(17)28-2/h3-11,13H,1,12,14H2,2H3,(H,23,25)/b19-13+. The summed E-state index contributed by atoms with van der Waals surface area (Å²) in [5, 5.41) is 2.16. The van der Waals surface area contributed by atoms with E-state index in [2.05, 4.69) is 11.9 Å². The van der Waals surface area contributed by atoms with Crippen molar-refractivity contribution in [1.29, 1.82) is 0 Å². The van der Waals surface area contributed by atoms with E-state index in [1.54, 1.807) is 60.7 Å². The van der Waals surface area contributed by atoms with Gasteiger partial charge >= 0.3 is 0 Å². The maximum absolute atomic E-state index is 12.6. The van der Waals surface area contributed by atoms with E-state index in [0.717, 1.165) is 22.2 Å². The molecule has 1 N–H and O–H groups in total. The number of methoxy groups -OCH3 is 1. The Kier molecular flexibility index (Phi) is 6.92. The minimum absolute atomic E-state index is 0.254. The fraction of sp³-hybridized carbons (Fsp3) is 0.136. The molecule has 0 radical (unpaired) electrons. The number of hydrogen-bond donors (Lipinski definition) is 1. The van der Waals surface area contributed by atoms with Gasteiger partial charge in [-0.3, -0.25) is 19.3 Å². The Hall–Kier alpha value is -3.52. The molecule has 1 fully saturated rings. The number of hydrogen-bond acceptors (Lipinski definition) is 6. The first kappa shape index (κ1) is 21.2. The summed E-state index contributed by atoms with van der Waals surface area (Å²) in [6.07, 6.45) is 3.26. The van der Waals surface area contributed by atoms with Crippen LogP contribution < -0.4 is 14.8 Å². The number of ether oxygens (including phenoxy) is 2. The zero-order valence-electron chi connectivity index (χ0n) is 16.3. The van der Waals surface area contributed by atoms with E-state index in [1.807, 2.05) is 0 Å². The molecule has 0 saturated carbocycles. The second-order valence-corrected chi connectivity index (χ2v) is 7.18. The third kappa shape index (κ3) is 5.09. The molecule has 0 aliphatic carbocycles. The summed E-state index contributed by atoms with van der Waals surface area (Å²) in [6, 6.07) is 14.0. The molecule has 0 bridgehead atoms. The number of nitrogens with zero attached hydrogens (tertiary/aromatic N) is 1. The number of nitrogens with one attached hydrogen (secondary N) is 1. The third-order valence-electron chi connectivity index (χ3n) is 4.10. The lowest BCUT2D eigenvalue weighted by Crippen LogP contribution is -2.36. The highest BCUT2D eigenvalue weighted by molar-refractivity contribution is 8.18. The van der Waals surface area contributed by atoms with Crippen LogP contribution in [0, 0.1) is 0 Å². The van der Waals surface area contributed by atoms with Crippen LogP contribution in [0.5, 0.6) is 11.5 Å². The molecule has 0 atom stereocenters. The molecule has 30 heavy (non-hydrogen) atoms. The molecular formula is C22H20N2O5S. The van der Waals surface area contributed by atoms with Crippen molar-refractivity contribution in [2.24, 2.45) is 0 Å². The molecule has 2 aromatic carbocycles. The van der Waals surface area contributed by atoms with E-state index in [-0.39, 0.29) is 11.4 Å². The summed E-state index contributed by atoms with van der Waals surface area (Å²) in [7, 11) is 1.49. The lowest BCUT2D eigenvalue weighted by Gasteiger charge is -2.14. The van der Waals surface area contributed by atoms with Gasteiger partial charge in [0, 0.05) is 0 Å². The molecular weight excluding hydrogens is 404 g/mol. The van der Waals surface area contributed by atoms with Crippen molar-refractivity contribution >= 4 is 40.6 Å². The van der Waals surface area contributed by atoms with Crippen molar-refractivity contribution in [3.63, 3.8) is 0 Å². The molecule has 0 unspecified atom stereocenters. The van der Waals surface area contributed by atoms with E-state index < -0.39 is 17.1 Å². The highest BCUT2D eigenvalue weighted by Crippen LogP contribution is 2.32. The van der Waals surface area contributed by atoms with Crippen molar-refractivity contribution in [2.75, 3.05) is 25.6 Å². The van der Waals surface area contributed by atoms with Crippen molar-refractivity contribution in [3.8, 4) is 11.5 Å². The predicted molar refractivity (Wildman–Crippen MR) is 116 cm³/mol. The molecule has 8 heteroatoms. The maximum atomic E-state index is 12.6. The molecule has 3 amide bonds. The molecule has 1 aliphatic heterocycles. The fourth-order valence-corrected chi connectivity index (χ4v) is 3.52. The summed E-state index contributed by atoms with van der Waals surface area (Å²) in [5.74, 6) is 0.160. The molecule has 2 aromatic rings. The lowest BCUT2D eigenvalue weighted by molar-refractivity contribution is -0.127. The number of para-hydroxylation sites is 2. The zero-order chi connectivity index (χ0) is 21.5. The molecule has 154 valence electrons. The number of anilines is 1. The average molecular weight is 424 g/mol. The van der Waals surface area contributed by atoms with Gasteiger partial charge in [0.25, 0.3) is 11.1 Å². The van der Waals surface area contributed by atoms with Crippen LogP contribution in [0.15, 0.2) is 66.1 Å². The molecule has 1 aliphatic rings. The normalized spacial score (nSPS) is 14.7. The number of benzene rings is 2. The predicted octanol–water partition coefficient (Wildman–Crippen LogP) is 3.94. The van der Waals surface area contributed by atoms with Crippen molar-refractivity contribution in [2.45, 2.75) is 0 Å². The number of thioether (sulfide) groups is 1. The highest BCUT2D eigenvalue weighted by atomic mass is 32.2. The average Bonchev–Trinajstić information content (AvgIpc) is 3.01. The van der Waals surface area contributed by atoms with Gasteiger partial charge in [0.05, 0.1) is 17.7 Å². The first-order chi connectivity index (χ1) is 14.5. The first-order valence-corrected chi connectivity index (χ1v) is 9.85. The van der Waals surface area contributed by atoms with Crippen LogP contribution in [0.4, 0.5) is 10.5 Å². The van der Waals surface area contributed by atoms with Gasteiger partial charge in [-0.25, -0.2) is 0 Å².